The molecule has 0 aliphatic carbocycles. The van der Waals surface area contributed by atoms with Gasteiger partial charge >= 0.3 is 0 Å². The Kier molecular flexibility index (Phi) is 6.10. The maximum absolute atomic E-state index is 12.5. The summed E-state index contributed by atoms with van der Waals surface area (Å²) < 4.78 is 12.9. The Labute approximate surface area is 158 Å². The van der Waals surface area contributed by atoms with Crippen LogP contribution in [0.15, 0.2) is 67.3 Å². The second kappa shape index (κ2) is 8.89. The van der Waals surface area contributed by atoms with Gasteiger partial charge in [0.15, 0.2) is 6.10 Å². The second-order valence-electron chi connectivity index (χ2n) is 6.05. The molecule has 0 aliphatic heterocycles. The molecule has 0 aliphatic rings. The van der Waals surface area contributed by atoms with Gasteiger partial charge in [0.1, 0.15) is 11.5 Å². The summed E-state index contributed by atoms with van der Waals surface area (Å²) in [6, 6.07) is 15.2. The standard InChI is InChI=1S/C21H23N3O3/c1-3-20(27-19-6-4-5-18(13-19)26-2)21(25)23-14-16-7-9-17(10-8-16)24-12-11-22-15-24/h4-13,15,20H,3,14H2,1-2H3,(H,23,25)/t20-/m1/s1. The van der Waals surface area contributed by atoms with Crippen molar-refractivity contribution in [1.82, 2.24) is 14.9 Å². The Bertz CT molecular complexity index is 861. The van der Waals surface area contributed by atoms with Crippen molar-refractivity contribution in [3.05, 3.63) is 72.8 Å². The van der Waals surface area contributed by atoms with Gasteiger partial charge in [-0.25, -0.2) is 4.98 Å². The molecule has 1 amide bonds. The third kappa shape index (κ3) is 4.88. The number of methoxy groups -OCH3 is 1. The Morgan fingerprint density at radius 2 is 1.96 bits per heavy atom. The number of hydrogen-bond acceptors (Lipinski definition) is 4. The summed E-state index contributed by atoms with van der Waals surface area (Å²) in [4.78, 5) is 16.5. The molecule has 0 fully saturated rings. The summed E-state index contributed by atoms with van der Waals surface area (Å²) in [5, 5.41) is 2.94. The third-order valence-electron chi connectivity index (χ3n) is 4.19. The summed E-state index contributed by atoms with van der Waals surface area (Å²) in [7, 11) is 1.60. The Morgan fingerprint density at radius 1 is 1.19 bits per heavy atom. The molecular weight excluding hydrogens is 342 g/mol. The molecule has 6 nitrogen and oxygen atoms in total. The first-order valence-corrected chi connectivity index (χ1v) is 8.85. The van der Waals surface area contributed by atoms with Crippen molar-refractivity contribution < 1.29 is 14.3 Å². The predicted molar refractivity (Wildman–Crippen MR) is 103 cm³/mol. The first-order chi connectivity index (χ1) is 13.2. The number of imidazole rings is 1. The summed E-state index contributed by atoms with van der Waals surface area (Å²) in [6.45, 7) is 2.37. The van der Waals surface area contributed by atoms with Crippen LogP contribution in [0.3, 0.4) is 0 Å². The zero-order chi connectivity index (χ0) is 19.1. The van der Waals surface area contributed by atoms with Crippen LogP contribution in [0.1, 0.15) is 18.9 Å². The molecule has 1 heterocycles. The van der Waals surface area contributed by atoms with Gasteiger partial charge in [-0.15, -0.1) is 0 Å². The van der Waals surface area contributed by atoms with Crippen LogP contribution >= 0.6 is 0 Å². The van der Waals surface area contributed by atoms with E-state index in [9.17, 15) is 4.79 Å². The fourth-order valence-corrected chi connectivity index (χ4v) is 2.66. The monoisotopic (exact) mass is 365 g/mol. The number of hydrogen-bond donors (Lipinski definition) is 1. The predicted octanol–water partition coefficient (Wildman–Crippen LogP) is 3.35. The Hall–Kier alpha value is -3.28. The topological polar surface area (TPSA) is 65.4 Å². The van der Waals surface area contributed by atoms with E-state index < -0.39 is 6.10 Å². The van der Waals surface area contributed by atoms with E-state index in [1.54, 1.807) is 25.7 Å². The van der Waals surface area contributed by atoms with E-state index in [4.69, 9.17) is 9.47 Å². The maximum atomic E-state index is 12.5. The van der Waals surface area contributed by atoms with Crippen molar-refractivity contribution in [3.8, 4) is 17.2 Å². The number of nitrogens with one attached hydrogen (secondary N) is 1. The highest BCUT2D eigenvalue weighted by Gasteiger charge is 2.18. The number of carbonyl (C=O) groups is 1. The molecule has 0 radical (unpaired) electrons. The molecule has 140 valence electrons. The van der Waals surface area contributed by atoms with E-state index >= 15 is 0 Å². The molecule has 0 unspecified atom stereocenters. The zero-order valence-electron chi connectivity index (χ0n) is 15.5. The number of amides is 1. The van der Waals surface area contributed by atoms with Gasteiger partial charge in [-0.1, -0.05) is 25.1 Å². The molecule has 0 saturated carbocycles. The average Bonchev–Trinajstić information content (AvgIpc) is 3.25. The molecule has 0 saturated heterocycles. The zero-order valence-corrected chi connectivity index (χ0v) is 15.5. The lowest BCUT2D eigenvalue weighted by Gasteiger charge is -2.18. The van der Waals surface area contributed by atoms with Crippen LogP contribution in [0.5, 0.6) is 11.5 Å². The minimum Gasteiger partial charge on any atom is -0.497 e. The highest BCUT2D eigenvalue weighted by atomic mass is 16.5. The SMILES string of the molecule is CC[C@@H](Oc1cccc(OC)c1)C(=O)NCc1ccc(-n2ccnc2)cc1. The third-order valence-corrected chi connectivity index (χ3v) is 4.19. The smallest absolute Gasteiger partial charge is 0.261 e. The lowest BCUT2D eigenvalue weighted by molar-refractivity contribution is -0.128. The van der Waals surface area contributed by atoms with Crippen LogP contribution in [0.25, 0.3) is 5.69 Å². The largest absolute Gasteiger partial charge is 0.497 e. The quantitative estimate of drug-likeness (QED) is 0.665. The minimum absolute atomic E-state index is 0.140. The summed E-state index contributed by atoms with van der Waals surface area (Å²) >= 11 is 0. The molecule has 1 atom stereocenters. The fraction of sp³-hybridized carbons (Fsp3) is 0.238. The van der Waals surface area contributed by atoms with Crippen LogP contribution in [-0.4, -0.2) is 28.7 Å². The van der Waals surface area contributed by atoms with E-state index in [-0.39, 0.29) is 5.91 Å². The lowest BCUT2D eigenvalue weighted by atomic mass is 10.2. The van der Waals surface area contributed by atoms with Gasteiger partial charge in [0.25, 0.3) is 5.91 Å². The Balaban J connectivity index is 1.56. The van der Waals surface area contributed by atoms with Gasteiger partial charge in [-0.2, -0.15) is 0 Å². The van der Waals surface area contributed by atoms with Gasteiger partial charge in [0.05, 0.1) is 13.4 Å². The molecule has 6 heteroatoms. The molecule has 2 aromatic carbocycles. The van der Waals surface area contributed by atoms with Gasteiger partial charge in [-0.3, -0.25) is 4.79 Å². The molecule has 27 heavy (non-hydrogen) atoms. The van der Waals surface area contributed by atoms with Crippen molar-refractivity contribution in [3.63, 3.8) is 0 Å². The molecule has 3 rings (SSSR count). The van der Waals surface area contributed by atoms with Crippen LogP contribution in [-0.2, 0) is 11.3 Å². The highest BCUT2D eigenvalue weighted by molar-refractivity contribution is 5.81. The second-order valence-corrected chi connectivity index (χ2v) is 6.05. The fourth-order valence-electron chi connectivity index (χ4n) is 2.66. The molecule has 0 spiro atoms. The van der Waals surface area contributed by atoms with Crippen molar-refractivity contribution in [2.75, 3.05) is 7.11 Å². The lowest BCUT2D eigenvalue weighted by Crippen LogP contribution is -2.37. The van der Waals surface area contributed by atoms with E-state index in [0.29, 0.717) is 24.5 Å². The minimum atomic E-state index is -0.553. The summed E-state index contributed by atoms with van der Waals surface area (Å²) in [6.07, 6.45) is 5.39. The normalized spacial score (nSPS) is 11.6. The molecule has 3 aromatic rings. The van der Waals surface area contributed by atoms with Crippen molar-refractivity contribution in [2.45, 2.75) is 26.0 Å². The van der Waals surface area contributed by atoms with E-state index in [2.05, 4.69) is 10.3 Å². The first-order valence-electron chi connectivity index (χ1n) is 8.85. The van der Waals surface area contributed by atoms with Crippen LogP contribution < -0.4 is 14.8 Å². The van der Waals surface area contributed by atoms with Gasteiger partial charge in [-0.05, 0) is 36.2 Å². The number of benzene rings is 2. The number of aromatic nitrogens is 2. The van der Waals surface area contributed by atoms with E-state index in [0.717, 1.165) is 11.3 Å². The number of carbonyl (C=O) groups excluding carboxylic acids is 1. The van der Waals surface area contributed by atoms with E-state index in [1.807, 2.05) is 60.2 Å². The number of nitrogens with zero attached hydrogens (tertiary/aromatic N) is 2. The van der Waals surface area contributed by atoms with Gasteiger partial charge in [0, 0.05) is 30.7 Å². The number of ether oxygens (including phenoxy) is 2. The maximum Gasteiger partial charge on any atom is 0.261 e. The summed E-state index contributed by atoms with van der Waals surface area (Å²) in [5.41, 5.74) is 2.04. The van der Waals surface area contributed by atoms with Crippen LogP contribution in [0.2, 0.25) is 0 Å². The van der Waals surface area contributed by atoms with E-state index in [1.165, 1.54) is 0 Å². The molecule has 1 N–H and O–H groups in total. The van der Waals surface area contributed by atoms with Crippen LogP contribution in [0, 0.1) is 0 Å². The molecule has 0 bridgehead atoms. The Morgan fingerprint density at radius 3 is 2.63 bits per heavy atom. The van der Waals surface area contributed by atoms with Crippen molar-refractivity contribution >= 4 is 5.91 Å². The van der Waals surface area contributed by atoms with Crippen molar-refractivity contribution in [2.24, 2.45) is 0 Å². The van der Waals surface area contributed by atoms with Crippen molar-refractivity contribution in [1.29, 1.82) is 0 Å². The molecular formula is C21H23N3O3. The number of rotatable bonds is 8. The highest BCUT2D eigenvalue weighted by Crippen LogP contribution is 2.20. The molecule has 1 aromatic heterocycles. The first kappa shape index (κ1) is 18.5. The van der Waals surface area contributed by atoms with Crippen LogP contribution in [0.4, 0.5) is 0 Å². The summed E-state index contributed by atoms with van der Waals surface area (Å²) in [5.74, 6) is 1.17. The van der Waals surface area contributed by atoms with Gasteiger partial charge < -0.3 is 19.4 Å². The van der Waals surface area contributed by atoms with Gasteiger partial charge in [0.2, 0.25) is 0 Å². The average molecular weight is 365 g/mol.